The van der Waals surface area contributed by atoms with Crippen LogP contribution in [0.3, 0.4) is 0 Å². The van der Waals surface area contributed by atoms with E-state index in [9.17, 15) is 14.0 Å². The Bertz CT molecular complexity index is 816. The Labute approximate surface area is 156 Å². The summed E-state index contributed by atoms with van der Waals surface area (Å²) >= 11 is 0. The fourth-order valence-electron chi connectivity index (χ4n) is 3.00. The largest absolute Gasteiger partial charge is 0.342 e. The number of aryl methyl sites for hydroxylation is 1. The van der Waals surface area contributed by atoms with Crippen LogP contribution < -0.4 is 16.0 Å². The van der Waals surface area contributed by atoms with E-state index in [2.05, 4.69) is 26.3 Å². The minimum atomic E-state index is -0.522. The van der Waals surface area contributed by atoms with Gasteiger partial charge in [-0.3, -0.25) is 14.3 Å². The molecule has 1 fully saturated rings. The Hall–Kier alpha value is -2.81. The molecule has 2 heterocycles. The molecule has 3 N–H and O–H groups in total. The maximum atomic E-state index is 13.7. The molecule has 1 aromatic heterocycles. The third-order valence-electron chi connectivity index (χ3n) is 4.42. The van der Waals surface area contributed by atoms with Crippen LogP contribution in [0.25, 0.3) is 0 Å². The SMILES string of the molecule is Cc1ccc(NC(=O)CNC(=O)c2cn(C[C@H]3CCCNC3)nn2)c(F)c1. The molecule has 2 amide bonds. The second-order valence-corrected chi connectivity index (χ2v) is 6.75. The van der Waals surface area contributed by atoms with Crippen LogP contribution in [0.4, 0.5) is 10.1 Å². The molecule has 9 heteroatoms. The average molecular weight is 374 g/mol. The number of amides is 2. The average Bonchev–Trinajstić information content (AvgIpc) is 3.11. The molecule has 0 aliphatic carbocycles. The Morgan fingerprint density at radius 1 is 1.41 bits per heavy atom. The smallest absolute Gasteiger partial charge is 0.273 e. The number of rotatable bonds is 6. The Kier molecular flexibility index (Phi) is 6.12. The predicted molar refractivity (Wildman–Crippen MR) is 97.7 cm³/mol. The summed E-state index contributed by atoms with van der Waals surface area (Å²) in [6, 6.07) is 4.50. The normalized spacial score (nSPS) is 16.7. The summed E-state index contributed by atoms with van der Waals surface area (Å²) in [4.78, 5) is 24.0. The fraction of sp³-hybridized carbons (Fsp3) is 0.444. The van der Waals surface area contributed by atoms with E-state index in [1.807, 2.05) is 0 Å². The summed E-state index contributed by atoms with van der Waals surface area (Å²) in [6.07, 6.45) is 3.81. The fourth-order valence-corrected chi connectivity index (χ4v) is 3.00. The molecule has 0 unspecified atom stereocenters. The van der Waals surface area contributed by atoms with Gasteiger partial charge in [0.15, 0.2) is 5.69 Å². The van der Waals surface area contributed by atoms with Gasteiger partial charge in [0, 0.05) is 6.54 Å². The number of piperidine rings is 1. The van der Waals surface area contributed by atoms with Crippen molar-refractivity contribution in [1.82, 2.24) is 25.6 Å². The second kappa shape index (κ2) is 8.72. The van der Waals surface area contributed by atoms with Gasteiger partial charge in [-0.25, -0.2) is 4.39 Å². The van der Waals surface area contributed by atoms with E-state index in [0.29, 0.717) is 12.5 Å². The molecule has 2 aromatic rings. The number of benzene rings is 1. The van der Waals surface area contributed by atoms with Crippen LogP contribution in [-0.4, -0.2) is 46.4 Å². The molecular weight excluding hydrogens is 351 g/mol. The number of carbonyl (C=O) groups is 2. The minimum Gasteiger partial charge on any atom is -0.342 e. The molecule has 1 aliphatic heterocycles. The van der Waals surface area contributed by atoms with E-state index in [0.717, 1.165) is 31.5 Å². The van der Waals surface area contributed by atoms with Gasteiger partial charge in [-0.05, 0) is 56.5 Å². The van der Waals surface area contributed by atoms with E-state index >= 15 is 0 Å². The molecule has 1 aromatic carbocycles. The third kappa shape index (κ3) is 5.33. The van der Waals surface area contributed by atoms with Crippen molar-refractivity contribution >= 4 is 17.5 Å². The maximum Gasteiger partial charge on any atom is 0.273 e. The van der Waals surface area contributed by atoms with Gasteiger partial charge in [-0.1, -0.05) is 11.3 Å². The molecule has 27 heavy (non-hydrogen) atoms. The van der Waals surface area contributed by atoms with Crippen molar-refractivity contribution in [3.63, 3.8) is 0 Å². The number of aromatic nitrogens is 3. The lowest BCUT2D eigenvalue weighted by molar-refractivity contribution is -0.115. The van der Waals surface area contributed by atoms with Crippen LogP contribution >= 0.6 is 0 Å². The highest BCUT2D eigenvalue weighted by Gasteiger charge is 2.17. The highest BCUT2D eigenvalue weighted by atomic mass is 19.1. The van der Waals surface area contributed by atoms with E-state index in [-0.39, 0.29) is 17.9 Å². The zero-order valence-electron chi connectivity index (χ0n) is 15.2. The Balaban J connectivity index is 1.48. The van der Waals surface area contributed by atoms with Gasteiger partial charge in [0.05, 0.1) is 18.4 Å². The summed E-state index contributed by atoms with van der Waals surface area (Å²) < 4.78 is 15.4. The molecule has 1 saturated heterocycles. The topological polar surface area (TPSA) is 101 Å². The molecule has 0 saturated carbocycles. The highest BCUT2D eigenvalue weighted by Crippen LogP contribution is 2.15. The third-order valence-corrected chi connectivity index (χ3v) is 4.42. The van der Waals surface area contributed by atoms with Gasteiger partial charge in [-0.15, -0.1) is 5.10 Å². The number of hydrogen-bond donors (Lipinski definition) is 3. The van der Waals surface area contributed by atoms with Gasteiger partial charge in [0.2, 0.25) is 5.91 Å². The van der Waals surface area contributed by atoms with Crippen molar-refractivity contribution in [3.05, 3.63) is 41.5 Å². The lowest BCUT2D eigenvalue weighted by atomic mass is 10.00. The van der Waals surface area contributed by atoms with Crippen LogP contribution in [-0.2, 0) is 11.3 Å². The lowest BCUT2D eigenvalue weighted by Crippen LogP contribution is -2.33. The van der Waals surface area contributed by atoms with Gasteiger partial charge in [-0.2, -0.15) is 0 Å². The molecule has 0 bridgehead atoms. The number of halogens is 1. The van der Waals surface area contributed by atoms with Gasteiger partial charge in [0.1, 0.15) is 5.82 Å². The standard InChI is InChI=1S/C18H23FN6O2/c1-12-4-5-15(14(19)7-12)22-17(26)9-21-18(27)16-11-25(24-23-16)10-13-3-2-6-20-8-13/h4-5,7,11,13,20H,2-3,6,8-10H2,1H3,(H,21,27)(H,22,26)/t13-/m0/s1. The first-order valence-corrected chi connectivity index (χ1v) is 8.96. The highest BCUT2D eigenvalue weighted by molar-refractivity contribution is 5.98. The minimum absolute atomic E-state index is 0.0758. The number of hydrogen-bond acceptors (Lipinski definition) is 5. The van der Waals surface area contributed by atoms with Gasteiger partial charge < -0.3 is 16.0 Å². The predicted octanol–water partition coefficient (Wildman–Crippen LogP) is 1.09. The van der Waals surface area contributed by atoms with Crippen molar-refractivity contribution in [3.8, 4) is 0 Å². The van der Waals surface area contributed by atoms with Crippen LogP contribution in [0.1, 0.15) is 28.9 Å². The summed E-state index contributed by atoms with van der Waals surface area (Å²) in [7, 11) is 0. The molecule has 0 radical (unpaired) electrons. The van der Waals surface area contributed by atoms with E-state index in [4.69, 9.17) is 0 Å². The van der Waals surface area contributed by atoms with Crippen molar-refractivity contribution in [1.29, 1.82) is 0 Å². The summed E-state index contributed by atoms with van der Waals surface area (Å²) in [5, 5.41) is 16.1. The molecule has 3 rings (SSSR count). The van der Waals surface area contributed by atoms with Crippen LogP contribution in [0, 0.1) is 18.7 Å². The van der Waals surface area contributed by atoms with Crippen LogP contribution in [0.2, 0.25) is 0 Å². The van der Waals surface area contributed by atoms with E-state index < -0.39 is 17.6 Å². The van der Waals surface area contributed by atoms with Crippen LogP contribution in [0.5, 0.6) is 0 Å². The summed E-state index contributed by atoms with van der Waals surface area (Å²) in [5.41, 5.74) is 0.978. The number of nitrogens with zero attached hydrogens (tertiary/aromatic N) is 3. The van der Waals surface area contributed by atoms with E-state index in [1.165, 1.54) is 12.1 Å². The van der Waals surface area contributed by atoms with Crippen molar-refractivity contribution in [2.75, 3.05) is 25.0 Å². The quantitative estimate of drug-likeness (QED) is 0.703. The molecule has 8 nitrogen and oxygen atoms in total. The van der Waals surface area contributed by atoms with Crippen molar-refractivity contribution in [2.24, 2.45) is 5.92 Å². The molecule has 1 atom stereocenters. The Morgan fingerprint density at radius 2 is 2.26 bits per heavy atom. The monoisotopic (exact) mass is 374 g/mol. The van der Waals surface area contributed by atoms with Crippen LogP contribution in [0.15, 0.2) is 24.4 Å². The zero-order valence-corrected chi connectivity index (χ0v) is 15.2. The zero-order chi connectivity index (χ0) is 19.2. The van der Waals surface area contributed by atoms with Crippen molar-refractivity contribution in [2.45, 2.75) is 26.3 Å². The first-order valence-electron chi connectivity index (χ1n) is 8.96. The van der Waals surface area contributed by atoms with Gasteiger partial charge >= 0.3 is 0 Å². The first-order chi connectivity index (χ1) is 13.0. The van der Waals surface area contributed by atoms with Crippen molar-refractivity contribution < 1.29 is 14.0 Å². The second-order valence-electron chi connectivity index (χ2n) is 6.75. The number of anilines is 1. The lowest BCUT2D eigenvalue weighted by Gasteiger charge is -2.22. The molecule has 1 aliphatic rings. The number of nitrogens with one attached hydrogen (secondary N) is 3. The maximum absolute atomic E-state index is 13.7. The van der Waals surface area contributed by atoms with E-state index in [1.54, 1.807) is 23.9 Å². The molecule has 144 valence electrons. The number of carbonyl (C=O) groups excluding carboxylic acids is 2. The summed E-state index contributed by atoms with van der Waals surface area (Å²) in [6.45, 7) is 4.13. The first kappa shape index (κ1) is 19.0. The Morgan fingerprint density at radius 3 is 3.00 bits per heavy atom. The van der Waals surface area contributed by atoms with Gasteiger partial charge in [0.25, 0.3) is 5.91 Å². The molecule has 0 spiro atoms. The summed E-state index contributed by atoms with van der Waals surface area (Å²) in [5.74, 6) is -1.07. The molecular formula is C18H23FN6O2.